The maximum absolute atomic E-state index is 4.50. The van der Waals surface area contributed by atoms with Crippen LogP contribution in [0.3, 0.4) is 0 Å². The molecule has 100 valence electrons. The number of hydrogen-bond donors (Lipinski definition) is 2. The van der Waals surface area contributed by atoms with Crippen LogP contribution in [0, 0.1) is 6.92 Å². The van der Waals surface area contributed by atoms with Gasteiger partial charge < -0.3 is 10.6 Å². The van der Waals surface area contributed by atoms with Crippen molar-refractivity contribution in [2.75, 3.05) is 18.9 Å². The largest absolute Gasteiger partial charge is 0.340 e. The normalized spacial score (nSPS) is 10.5. The van der Waals surface area contributed by atoms with Crippen molar-refractivity contribution in [3.63, 3.8) is 0 Å². The molecule has 0 saturated heterocycles. The number of rotatable bonds is 5. The zero-order chi connectivity index (χ0) is 13.7. The first-order chi connectivity index (χ1) is 9.19. The van der Waals surface area contributed by atoms with Gasteiger partial charge in [0.1, 0.15) is 11.6 Å². The molecule has 4 nitrogen and oxygen atoms in total. The number of aromatic nitrogens is 2. The highest BCUT2D eigenvalue weighted by molar-refractivity contribution is 9.10. The molecule has 0 radical (unpaired) electrons. The third-order valence-corrected chi connectivity index (χ3v) is 3.25. The molecule has 2 rings (SSSR count). The molecule has 2 aromatic rings. The molecule has 1 heterocycles. The average molecular weight is 321 g/mol. The summed E-state index contributed by atoms with van der Waals surface area (Å²) in [6.07, 6.45) is 2.61. The minimum Gasteiger partial charge on any atom is -0.340 e. The number of hydrogen-bond acceptors (Lipinski definition) is 4. The SMILES string of the molecule is CNCCc1nccc(Nc2ccc(Br)cc2C)n1. The van der Waals surface area contributed by atoms with Gasteiger partial charge >= 0.3 is 0 Å². The second kappa shape index (κ2) is 6.63. The number of nitrogens with zero attached hydrogens (tertiary/aromatic N) is 2. The summed E-state index contributed by atoms with van der Waals surface area (Å²) in [6.45, 7) is 2.94. The van der Waals surface area contributed by atoms with Gasteiger partial charge in [0.05, 0.1) is 0 Å². The fourth-order valence-corrected chi connectivity index (χ4v) is 2.21. The van der Waals surface area contributed by atoms with E-state index in [1.165, 1.54) is 5.56 Å². The predicted molar refractivity (Wildman–Crippen MR) is 81.8 cm³/mol. The minimum atomic E-state index is 0.825. The van der Waals surface area contributed by atoms with Crippen LogP contribution >= 0.6 is 15.9 Å². The van der Waals surface area contributed by atoms with Crippen molar-refractivity contribution in [3.05, 3.63) is 46.3 Å². The van der Waals surface area contributed by atoms with Crippen molar-refractivity contribution in [2.24, 2.45) is 0 Å². The van der Waals surface area contributed by atoms with Crippen LogP contribution in [-0.4, -0.2) is 23.6 Å². The van der Waals surface area contributed by atoms with Crippen molar-refractivity contribution in [2.45, 2.75) is 13.3 Å². The molecule has 5 heteroatoms. The third kappa shape index (κ3) is 4.01. The van der Waals surface area contributed by atoms with Gasteiger partial charge in [-0.1, -0.05) is 15.9 Å². The highest BCUT2D eigenvalue weighted by Crippen LogP contribution is 2.22. The fraction of sp³-hybridized carbons (Fsp3) is 0.286. The van der Waals surface area contributed by atoms with E-state index in [1.54, 1.807) is 6.20 Å². The zero-order valence-corrected chi connectivity index (χ0v) is 12.7. The lowest BCUT2D eigenvalue weighted by Crippen LogP contribution is -2.12. The lowest BCUT2D eigenvalue weighted by atomic mass is 10.2. The van der Waals surface area contributed by atoms with E-state index in [-0.39, 0.29) is 0 Å². The second-order valence-corrected chi connectivity index (χ2v) is 5.21. The summed E-state index contributed by atoms with van der Waals surface area (Å²) in [7, 11) is 1.92. The monoisotopic (exact) mass is 320 g/mol. The molecule has 0 aliphatic rings. The van der Waals surface area contributed by atoms with Crippen molar-refractivity contribution in [3.8, 4) is 0 Å². The van der Waals surface area contributed by atoms with Crippen LogP contribution < -0.4 is 10.6 Å². The Hall–Kier alpha value is -1.46. The number of anilines is 2. The van der Waals surface area contributed by atoms with E-state index in [1.807, 2.05) is 25.2 Å². The lowest BCUT2D eigenvalue weighted by molar-refractivity contribution is 0.756. The number of aryl methyl sites for hydroxylation is 1. The van der Waals surface area contributed by atoms with Crippen LogP contribution in [0.25, 0.3) is 0 Å². The first-order valence-corrected chi connectivity index (χ1v) is 6.98. The third-order valence-electron chi connectivity index (χ3n) is 2.76. The smallest absolute Gasteiger partial charge is 0.134 e. The molecule has 0 bridgehead atoms. The first kappa shape index (κ1) is 14.0. The molecule has 0 fully saturated rings. The number of benzene rings is 1. The molecule has 19 heavy (non-hydrogen) atoms. The maximum atomic E-state index is 4.50. The average Bonchev–Trinajstić information content (AvgIpc) is 2.40. The standard InChI is InChI=1S/C14H17BrN4/c1-10-9-11(15)3-4-12(10)18-14-6-8-17-13(19-14)5-7-16-2/h3-4,6,8-9,16H,5,7H2,1-2H3,(H,17,18,19). The molecule has 1 aromatic carbocycles. The summed E-state index contributed by atoms with van der Waals surface area (Å²) >= 11 is 3.46. The van der Waals surface area contributed by atoms with Gasteiger partial charge in [0.2, 0.25) is 0 Å². The van der Waals surface area contributed by atoms with Crippen LogP contribution in [-0.2, 0) is 6.42 Å². The Morgan fingerprint density at radius 2 is 2.11 bits per heavy atom. The molecule has 2 N–H and O–H groups in total. The molecule has 0 aliphatic heterocycles. The van der Waals surface area contributed by atoms with Gasteiger partial charge in [-0.2, -0.15) is 0 Å². The fourth-order valence-electron chi connectivity index (χ4n) is 1.73. The summed E-state index contributed by atoms with van der Waals surface area (Å²) in [5.41, 5.74) is 2.23. The Balaban J connectivity index is 2.14. The Bertz CT molecular complexity index is 557. The van der Waals surface area contributed by atoms with Crippen LogP contribution in [0.15, 0.2) is 34.9 Å². The van der Waals surface area contributed by atoms with E-state index >= 15 is 0 Å². The van der Waals surface area contributed by atoms with E-state index in [9.17, 15) is 0 Å². The topological polar surface area (TPSA) is 49.8 Å². The first-order valence-electron chi connectivity index (χ1n) is 6.19. The van der Waals surface area contributed by atoms with Gasteiger partial charge in [0, 0.05) is 29.3 Å². The minimum absolute atomic E-state index is 0.825. The maximum Gasteiger partial charge on any atom is 0.134 e. The number of likely N-dealkylation sites (N-methyl/N-ethyl adjacent to an activating group) is 1. The Morgan fingerprint density at radius 1 is 1.26 bits per heavy atom. The molecule has 1 aromatic heterocycles. The Kier molecular flexibility index (Phi) is 4.87. The zero-order valence-electron chi connectivity index (χ0n) is 11.1. The number of halogens is 1. The van der Waals surface area contributed by atoms with Crippen molar-refractivity contribution >= 4 is 27.4 Å². The summed E-state index contributed by atoms with van der Waals surface area (Å²) in [5, 5.41) is 6.42. The quantitative estimate of drug-likeness (QED) is 0.889. The van der Waals surface area contributed by atoms with Crippen molar-refractivity contribution in [1.29, 1.82) is 0 Å². The van der Waals surface area contributed by atoms with E-state index in [0.29, 0.717) is 0 Å². The molecular formula is C14H17BrN4. The summed E-state index contributed by atoms with van der Waals surface area (Å²) in [6, 6.07) is 8.00. The van der Waals surface area contributed by atoms with E-state index in [2.05, 4.69) is 49.5 Å². The summed E-state index contributed by atoms with van der Waals surface area (Å²) < 4.78 is 1.08. The van der Waals surface area contributed by atoms with Gasteiger partial charge in [-0.25, -0.2) is 9.97 Å². The second-order valence-electron chi connectivity index (χ2n) is 4.30. The Morgan fingerprint density at radius 3 is 2.84 bits per heavy atom. The Labute approximate surface area is 121 Å². The van der Waals surface area contributed by atoms with Gasteiger partial charge in [-0.3, -0.25) is 0 Å². The molecule has 0 amide bonds. The van der Waals surface area contributed by atoms with Crippen LogP contribution in [0.5, 0.6) is 0 Å². The molecule has 0 spiro atoms. The molecule has 0 unspecified atom stereocenters. The van der Waals surface area contributed by atoms with Crippen LogP contribution in [0.4, 0.5) is 11.5 Å². The van der Waals surface area contributed by atoms with Gasteiger partial charge in [-0.15, -0.1) is 0 Å². The summed E-state index contributed by atoms with van der Waals surface area (Å²) in [4.78, 5) is 8.75. The van der Waals surface area contributed by atoms with Gasteiger partial charge in [0.25, 0.3) is 0 Å². The van der Waals surface area contributed by atoms with Crippen LogP contribution in [0.2, 0.25) is 0 Å². The van der Waals surface area contributed by atoms with E-state index in [0.717, 1.165) is 34.8 Å². The van der Waals surface area contributed by atoms with E-state index in [4.69, 9.17) is 0 Å². The highest BCUT2D eigenvalue weighted by Gasteiger charge is 2.02. The molecule has 0 saturated carbocycles. The van der Waals surface area contributed by atoms with E-state index < -0.39 is 0 Å². The molecule has 0 aliphatic carbocycles. The van der Waals surface area contributed by atoms with Crippen LogP contribution in [0.1, 0.15) is 11.4 Å². The molecule has 0 atom stereocenters. The van der Waals surface area contributed by atoms with Crippen molar-refractivity contribution in [1.82, 2.24) is 15.3 Å². The van der Waals surface area contributed by atoms with Gasteiger partial charge in [0.15, 0.2) is 0 Å². The number of nitrogens with one attached hydrogen (secondary N) is 2. The lowest BCUT2D eigenvalue weighted by Gasteiger charge is -2.10. The summed E-state index contributed by atoms with van der Waals surface area (Å²) in [5.74, 6) is 1.67. The highest BCUT2D eigenvalue weighted by atomic mass is 79.9. The van der Waals surface area contributed by atoms with Crippen molar-refractivity contribution < 1.29 is 0 Å². The van der Waals surface area contributed by atoms with Gasteiger partial charge in [-0.05, 0) is 43.8 Å². The molecular weight excluding hydrogens is 304 g/mol. The predicted octanol–water partition coefficient (Wildman–Crippen LogP) is 3.05.